The molecule has 0 atom stereocenters. The molecule has 0 bridgehead atoms. The van der Waals surface area contributed by atoms with Gasteiger partial charge in [-0.3, -0.25) is 0 Å². The zero-order valence-corrected chi connectivity index (χ0v) is 11.5. The number of hydrogen-bond acceptors (Lipinski definition) is 4. The number of nitrogens with two attached hydrogens (primary N) is 1. The normalized spacial score (nSPS) is 10.8. The van der Waals surface area contributed by atoms with E-state index in [1.165, 1.54) is 16.0 Å². The smallest absolute Gasteiger partial charge is 0.107 e. The summed E-state index contributed by atoms with van der Waals surface area (Å²) in [4.78, 5) is 5.59. The van der Waals surface area contributed by atoms with E-state index in [9.17, 15) is 0 Å². The average Bonchev–Trinajstić information content (AvgIpc) is 2.81. The second kappa shape index (κ2) is 6.64. The lowest BCUT2D eigenvalue weighted by molar-refractivity contribution is 0.681. The summed E-state index contributed by atoms with van der Waals surface area (Å²) in [7, 11) is 0. The van der Waals surface area contributed by atoms with E-state index in [4.69, 9.17) is 5.73 Å². The fraction of sp³-hybridized carbons (Fsp3) is 0.357. The molecule has 0 saturated heterocycles. The fourth-order valence-corrected chi connectivity index (χ4v) is 2.66. The standard InChI is InChI=1S/C14H19N3S/c1-11-9-17-14(18-11)10-16-7-6-12-4-2-3-5-13(12)8-15/h2-5,9,16H,6-8,10,15H2,1H3. The van der Waals surface area contributed by atoms with Crippen LogP contribution in [0.3, 0.4) is 0 Å². The van der Waals surface area contributed by atoms with E-state index in [1.54, 1.807) is 11.3 Å². The largest absolute Gasteiger partial charge is 0.326 e. The highest BCUT2D eigenvalue weighted by Crippen LogP contribution is 2.11. The molecule has 0 fully saturated rings. The van der Waals surface area contributed by atoms with Crippen LogP contribution in [0.4, 0.5) is 0 Å². The van der Waals surface area contributed by atoms with Crippen LogP contribution in [0.1, 0.15) is 21.0 Å². The van der Waals surface area contributed by atoms with Gasteiger partial charge in [0.1, 0.15) is 5.01 Å². The zero-order valence-electron chi connectivity index (χ0n) is 10.6. The minimum Gasteiger partial charge on any atom is -0.326 e. The minimum absolute atomic E-state index is 0.613. The highest BCUT2D eigenvalue weighted by Gasteiger charge is 2.01. The van der Waals surface area contributed by atoms with Crippen molar-refractivity contribution in [1.29, 1.82) is 0 Å². The Labute approximate surface area is 112 Å². The van der Waals surface area contributed by atoms with Crippen LogP contribution in [0.5, 0.6) is 0 Å². The third-order valence-corrected chi connectivity index (χ3v) is 3.77. The molecule has 0 aliphatic heterocycles. The lowest BCUT2D eigenvalue weighted by atomic mass is 10.0. The van der Waals surface area contributed by atoms with Gasteiger partial charge in [-0.1, -0.05) is 24.3 Å². The van der Waals surface area contributed by atoms with Crippen LogP contribution in [-0.2, 0) is 19.5 Å². The van der Waals surface area contributed by atoms with Crippen LogP contribution in [0, 0.1) is 6.92 Å². The molecule has 3 nitrogen and oxygen atoms in total. The first-order valence-corrected chi connectivity index (χ1v) is 7.00. The average molecular weight is 261 g/mol. The zero-order chi connectivity index (χ0) is 12.8. The number of nitrogens with zero attached hydrogens (tertiary/aromatic N) is 1. The Morgan fingerprint density at radius 3 is 2.72 bits per heavy atom. The highest BCUT2D eigenvalue weighted by molar-refractivity contribution is 7.11. The first kappa shape index (κ1) is 13.2. The van der Waals surface area contributed by atoms with Gasteiger partial charge < -0.3 is 11.1 Å². The van der Waals surface area contributed by atoms with Gasteiger partial charge in [0.2, 0.25) is 0 Å². The number of thiazole rings is 1. The summed E-state index contributed by atoms with van der Waals surface area (Å²) in [6.45, 7) is 4.50. The van der Waals surface area contributed by atoms with E-state index in [2.05, 4.69) is 35.4 Å². The van der Waals surface area contributed by atoms with Gasteiger partial charge in [0.05, 0.1) is 0 Å². The molecular formula is C14H19N3S. The Kier molecular flexibility index (Phi) is 4.87. The Hall–Kier alpha value is -1.23. The molecule has 0 aliphatic carbocycles. The second-order valence-corrected chi connectivity index (χ2v) is 5.58. The molecule has 2 rings (SSSR count). The van der Waals surface area contributed by atoms with E-state index in [-0.39, 0.29) is 0 Å². The van der Waals surface area contributed by atoms with Crippen LogP contribution in [-0.4, -0.2) is 11.5 Å². The molecule has 96 valence electrons. The molecule has 0 aliphatic rings. The summed E-state index contributed by atoms with van der Waals surface area (Å²) in [5.74, 6) is 0. The third-order valence-electron chi connectivity index (χ3n) is 2.85. The molecule has 0 unspecified atom stereocenters. The molecule has 0 amide bonds. The summed E-state index contributed by atoms with van der Waals surface area (Å²) in [5.41, 5.74) is 8.30. The van der Waals surface area contributed by atoms with Gasteiger partial charge in [-0.05, 0) is 31.0 Å². The summed E-state index contributed by atoms with van der Waals surface area (Å²) in [6, 6.07) is 8.35. The number of rotatable bonds is 6. The summed E-state index contributed by atoms with van der Waals surface area (Å²) >= 11 is 1.75. The van der Waals surface area contributed by atoms with Crippen LogP contribution in [0.15, 0.2) is 30.5 Å². The maximum atomic E-state index is 5.72. The highest BCUT2D eigenvalue weighted by atomic mass is 32.1. The lowest BCUT2D eigenvalue weighted by Gasteiger charge is -2.07. The molecule has 4 heteroatoms. The summed E-state index contributed by atoms with van der Waals surface area (Å²) < 4.78 is 0. The monoisotopic (exact) mass is 261 g/mol. The number of nitrogens with one attached hydrogen (secondary N) is 1. The Balaban J connectivity index is 1.78. The summed E-state index contributed by atoms with van der Waals surface area (Å²) in [5, 5.41) is 4.57. The Bertz CT molecular complexity index is 493. The van der Waals surface area contributed by atoms with Gasteiger partial charge in [-0.2, -0.15) is 0 Å². The molecule has 0 radical (unpaired) electrons. The number of aryl methyl sites for hydroxylation is 1. The van der Waals surface area contributed by atoms with Gasteiger partial charge in [0, 0.05) is 24.2 Å². The predicted molar refractivity (Wildman–Crippen MR) is 76.6 cm³/mol. The fourth-order valence-electron chi connectivity index (χ4n) is 1.90. The molecule has 0 saturated carbocycles. The molecular weight excluding hydrogens is 242 g/mol. The van der Waals surface area contributed by atoms with E-state index >= 15 is 0 Å². The second-order valence-electron chi connectivity index (χ2n) is 4.26. The predicted octanol–water partition coefficient (Wildman–Crippen LogP) is 2.24. The van der Waals surface area contributed by atoms with Gasteiger partial charge in [-0.15, -0.1) is 11.3 Å². The molecule has 1 aromatic carbocycles. The van der Waals surface area contributed by atoms with Gasteiger partial charge in [0.25, 0.3) is 0 Å². The quantitative estimate of drug-likeness (QED) is 0.784. The maximum absolute atomic E-state index is 5.72. The van der Waals surface area contributed by atoms with Crippen molar-refractivity contribution in [2.75, 3.05) is 6.54 Å². The van der Waals surface area contributed by atoms with Crippen molar-refractivity contribution in [2.45, 2.75) is 26.4 Å². The third kappa shape index (κ3) is 3.63. The van der Waals surface area contributed by atoms with Crippen molar-refractivity contribution in [3.63, 3.8) is 0 Å². The van der Waals surface area contributed by atoms with Gasteiger partial charge in [0.15, 0.2) is 0 Å². The van der Waals surface area contributed by atoms with Crippen molar-refractivity contribution in [3.05, 3.63) is 51.5 Å². The molecule has 1 heterocycles. The maximum Gasteiger partial charge on any atom is 0.107 e. The Morgan fingerprint density at radius 2 is 2.06 bits per heavy atom. The van der Waals surface area contributed by atoms with Crippen molar-refractivity contribution in [3.8, 4) is 0 Å². The topological polar surface area (TPSA) is 50.9 Å². The van der Waals surface area contributed by atoms with Gasteiger partial charge >= 0.3 is 0 Å². The molecule has 0 spiro atoms. The van der Waals surface area contributed by atoms with Gasteiger partial charge in [-0.25, -0.2) is 4.98 Å². The van der Waals surface area contributed by atoms with Crippen molar-refractivity contribution in [1.82, 2.24) is 10.3 Å². The van der Waals surface area contributed by atoms with E-state index in [0.29, 0.717) is 6.54 Å². The first-order chi connectivity index (χ1) is 8.79. The number of aromatic nitrogens is 1. The first-order valence-electron chi connectivity index (χ1n) is 6.18. The molecule has 18 heavy (non-hydrogen) atoms. The van der Waals surface area contributed by atoms with Crippen LogP contribution < -0.4 is 11.1 Å². The van der Waals surface area contributed by atoms with Crippen molar-refractivity contribution >= 4 is 11.3 Å². The van der Waals surface area contributed by atoms with Crippen LogP contribution in [0.25, 0.3) is 0 Å². The van der Waals surface area contributed by atoms with E-state index in [1.807, 2.05) is 12.3 Å². The van der Waals surface area contributed by atoms with Crippen molar-refractivity contribution in [2.24, 2.45) is 5.73 Å². The van der Waals surface area contributed by atoms with Crippen LogP contribution >= 0.6 is 11.3 Å². The minimum atomic E-state index is 0.613. The number of hydrogen-bond donors (Lipinski definition) is 2. The Morgan fingerprint density at radius 1 is 1.28 bits per heavy atom. The summed E-state index contributed by atoms with van der Waals surface area (Å²) in [6.07, 6.45) is 2.93. The van der Waals surface area contributed by atoms with E-state index < -0.39 is 0 Å². The van der Waals surface area contributed by atoms with Crippen molar-refractivity contribution < 1.29 is 0 Å². The lowest BCUT2D eigenvalue weighted by Crippen LogP contribution is -2.17. The van der Waals surface area contributed by atoms with Crippen LogP contribution in [0.2, 0.25) is 0 Å². The molecule has 2 aromatic rings. The molecule has 3 N–H and O–H groups in total. The van der Waals surface area contributed by atoms with E-state index in [0.717, 1.165) is 24.5 Å². The molecule has 1 aromatic heterocycles. The number of benzene rings is 1. The SMILES string of the molecule is Cc1cnc(CNCCc2ccccc2CN)s1.